The van der Waals surface area contributed by atoms with Crippen molar-refractivity contribution in [3.05, 3.63) is 34.3 Å². The lowest BCUT2D eigenvalue weighted by Crippen LogP contribution is -2.41. The Morgan fingerprint density at radius 2 is 2.16 bits per heavy atom. The van der Waals surface area contributed by atoms with Gasteiger partial charge in [0, 0.05) is 0 Å². The highest BCUT2D eigenvalue weighted by Crippen LogP contribution is 2.33. The first-order valence-electron chi connectivity index (χ1n) is 6.28. The van der Waals surface area contributed by atoms with Crippen molar-refractivity contribution in [3.8, 4) is 0 Å². The quantitative estimate of drug-likeness (QED) is 0.872. The molecule has 102 valence electrons. The number of hydrogen-bond donors (Lipinski definition) is 2. The first-order chi connectivity index (χ1) is 8.99. The lowest BCUT2D eigenvalue weighted by atomic mass is 10.1. The Balaban J connectivity index is 2.09. The van der Waals surface area contributed by atoms with Crippen molar-refractivity contribution in [2.24, 2.45) is 5.92 Å². The highest BCUT2D eigenvalue weighted by molar-refractivity contribution is 6.34. The van der Waals surface area contributed by atoms with E-state index < -0.39 is 17.9 Å². The summed E-state index contributed by atoms with van der Waals surface area (Å²) in [5, 5.41) is 12.0. The third-order valence-corrected chi connectivity index (χ3v) is 3.81. The summed E-state index contributed by atoms with van der Waals surface area (Å²) in [5.41, 5.74) is 1.12. The van der Waals surface area contributed by atoms with Gasteiger partial charge in [-0.15, -0.1) is 0 Å². The summed E-state index contributed by atoms with van der Waals surface area (Å²) in [5.74, 6) is -1.000. The van der Waals surface area contributed by atoms with E-state index in [0.717, 1.165) is 18.4 Å². The molecule has 1 aromatic rings. The average Bonchev–Trinajstić information content (AvgIpc) is 3.15. The summed E-state index contributed by atoms with van der Waals surface area (Å²) in [6.45, 7) is 1.80. The monoisotopic (exact) mass is 281 g/mol. The van der Waals surface area contributed by atoms with Gasteiger partial charge in [-0.3, -0.25) is 4.79 Å². The molecule has 1 aliphatic carbocycles. The Labute approximate surface area is 116 Å². The van der Waals surface area contributed by atoms with Gasteiger partial charge < -0.3 is 10.4 Å². The number of carboxylic acid groups (broad SMARTS) is 1. The van der Waals surface area contributed by atoms with E-state index in [9.17, 15) is 9.59 Å². The molecule has 0 aliphatic heterocycles. The summed E-state index contributed by atoms with van der Waals surface area (Å²) in [7, 11) is 0. The highest BCUT2D eigenvalue weighted by atomic mass is 35.5. The predicted molar refractivity (Wildman–Crippen MR) is 72.4 cm³/mol. The van der Waals surface area contributed by atoms with Gasteiger partial charge in [0.05, 0.1) is 10.6 Å². The molecule has 1 amide bonds. The fourth-order valence-electron chi connectivity index (χ4n) is 1.97. The van der Waals surface area contributed by atoms with Crippen LogP contribution < -0.4 is 5.32 Å². The number of halogens is 1. The maximum absolute atomic E-state index is 12.1. The van der Waals surface area contributed by atoms with Crippen molar-refractivity contribution in [1.82, 2.24) is 5.32 Å². The van der Waals surface area contributed by atoms with Crippen molar-refractivity contribution in [1.29, 1.82) is 0 Å². The van der Waals surface area contributed by atoms with Gasteiger partial charge >= 0.3 is 5.97 Å². The molecular weight excluding hydrogens is 266 g/mol. The summed E-state index contributed by atoms with van der Waals surface area (Å²) < 4.78 is 0. The van der Waals surface area contributed by atoms with E-state index in [1.54, 1.807) is 25.1 Å². The normalized spacial score (nSPS) is 15.9. The molecule has 0 bridgehead atoms. The van der Waals surface area contributed by atoms with Crippen LogP contribution in [0.2, 0.25) is 5.02 Å². The number of rotatable bonds is 5. The SMILES string of the molecule is Cc1cccc(C(=O)NC(CC2CC2)C(=O)O)c1Cl. The van der Waals surface area contributed by atoms with E-state index in [0.29, 0.717) is 22.9 Å². The third kappa shape index (κ3) is 3.47. The second-order valence-electron chi connectivity index (χ2n) is 4.98. The summed E-state index contributed by atoms with van der Waals surface area (Å²) in [6, 6.07) is 4.29. The Hall–Kier alpha value is -1.55. The van der Waals surface area contributed by atoms with Crippen molar-refractivity contribution < 1.29 is 14.7 Å². The molecule has 0 heterocycles. The van der Waals surface area contributed by atoms with Crippen molar-refractivity contribution >= 4 is 23.5 Å². The molecule has 4 nitrogen and oxygen atoms in total. The summed E-state index contributed by atoms with van der Waals surface area (Å²) in [4.78, 5) is 23.2. The summed E-state index contributed by atoms with van der Waals surface area (Å²) >= 11 is 6.06. The zero-order valence-corrected chi connectivity index (χ0v) is 11.4. The van der Waals surface area contributed by atoms with Crippen LogP contribution in [0.4, 0.5) is 0 Å². The standard InChI is InChI=1S/C14H16ClNO3/c1-8-3-2-4-10(12(8)15)13(17)16-11(14(18)19)7-9-5-6-9/h2-4,9,11H,5-7H2,1H3,(H,16,17)(H,18,19). The van der Waals surface area contributed by atoms with Gasteiger partial charge in [0.2, 0.25) is 0 Å². The molecule has 1 atom stereocenters. The zero-order valence-electron chi connectivity index (χ0n) is 10.6. The van der Waals surface area contributed by atoms with E-state index in [-0.39, 0.29) is 0 Å². The molecule has 1 aliphatic rings. The number of carbonyl (C=O) groups excluding carboxylic acids is 1. The Kier molecular flexibility index (Phi) is 4.10. The predicted octanol–water partition coefficient (Wildman–Crippen LogP) is 2.63. The van der Waals surface area contributed by atoms with Crippen LogP contribution in [0.1, 0.15) is 35.2 Å². The van der Waals surface area contributed by atoms with E-state index >= 15 is 0 Å². The first-order valence-corrected chi connectivity index (χ1v) is 6.65. The molecule has 5 heteroatoms. The molecule has 19 heavy (non-hydrogen) atoms. The van der Waals surface area contributed by atoms with Crippen LogP contribution >= 0.6 is 11.6 Å². The molecule has 2 rings (SSSR count). The highest BCUT2D eigenvalue weighted by Gasteiger charge is 2.30. The zero-order chi connectivity index (χ0) is 14.0. The molecule has 0 saturated heterocycles. The second kappa shape index (κ2) is 5.61. The van der Waals surface area contributed by atoms with Gasteiger partial charge in [0.25, 0.3) is 5.91 Å². The van der Waals surface area contributed by atoms with Crippen LogP contribution in [0.5, 0.6) is 0 Å². The molecule has 1 fully saturated rings. The van der Waals surface area contributed by atoms with Gasteiger partial charge in [-0.2, -0.15) is 0 Å². The number of benzene rings is 1. The van der Waals surface area contributed by atoms with Gasteiger partial charge in [-0.1, -0.05) is 36.6 Å². The number of amides is 1. The van der Waals surface area contributed by atoms with Crippen LogP contribution in [0.15, 0.2) is 18.2 Å². The lowest BCUT2D eigenvalue weighted by Gasteiger charge is -2.15. The molecule has 0 aromatic heterocycles. The molecule has 0 spiro atoms. The van der Waals surface area contributed by atoms with E-state index in [2.05, 4.69) is 5.32 Å². The van der Waals surface area contributed by atoms with Crippen LogP contribution in [0, 0.1) is 12.8 Å². The van der Waals surface area contributed by atoms with Gasteiger partial charge in [0.15, 0.2) is 0 Å². The van der Waals surface area contributed by atoms with Crippen LogP contribution in [-0.4, -0.2) is 23.0 Å². The van der Waals surface area contributed by atoms with Crippen molar-refractivity contribution in [2.75, 3.05) is 0 Å². The van der Waals surface area contributed by atoms with E-state index in [1.807, 2.05) is 0 Å². The largest absolute Gasteiger partial charge is 0.480 e. The Morgan fingerprint density at radius 3 is 2.74 bits per heavy atom. The van der Waals surface area contributed by atoms with Crippen molar-refractivity contribution in [2.45, 2.75) is 32.2 Å². The maximum Gasteiger partial charge on any atom is 0.326 e. The minimum absolute atomic E-state index is 0.323. The number of nitrogens with one attached hydrogen (secondary N) is 1. The number of aryl methyl sites for hydroxylation is 1. The van der Waals surface area contributed by atoms with Crippen LogP contribution in [0.25, 0.3) is 0 Å². The smallest absolute Gasteiger partial charge is 0.326 e. The minimum Gasteiger partial charge on any atom is -0.480 e. The molecule has 1 saturated carbocycles. The molecule has 1 aromatic carbocycles. The van der Waals surface area contributed by atoms with Gasteiger partial charge in [-0.05, 0) is 30.9 Å². The fraction of sp³-hybridized carbons (Fsp3) is 0.429. The van der Waals surface area contributed by atoms with Crippen molar-refractivity contribution in [3.63, 3.8) is 0 Å². The first kappa shape index (κ1) is 13.9. The van der Waals surface area contributed by atoms with Gasteiger partial charge in [0.1, 0.15) is 6.04 Å². The summed E-state index contributed by atoms with van der Waals surface area (Å²) in [6.07, 6.45) is 2.58. The van der Waals surface area contributed by atoms with Gasteiger partial charge in [-0.25, -0.2) is 4.79 Å². The molecule has 2 N–H and O–H groups in total. The third-order valence-electron chi connectivity index (χ3n) is 3.31. The van der Waals surface area contributed by atoms with E-state index in [4.69, 9.17) is 16.7 Å². The Bertz CT molecular complexity index is 511. The number of aliphatic carboxylic acids is 1. The van der Waals surface area contributed by atoms with Crippen LogP contribution in [-0.2, 0) is 4.79 Å². The number of carboxylic acids is 1. The lowest BCUT2D eigenvalue weighted by molar-refractivity contribution is -0.139. The second-order valence-corrected chi connectivity index (χ2v) is 5.36. The average molecular weight is 282 g/mol. The maximum atomic E-state index is 12.1. The molecular formula is C14H16ClNO3. The van der Waals surface area contributed by atoms with Crippen LogP contribution in [0.3, 0.4) is 0 Å². The molecule has 1 unspecified atom stereocenters. The number of hydrogen-bond acceptors (Lipinski definition) is 2. The fourth-order valence-corrected chi connectivity index (χ4v) is 2.18. The molecule has 0 radical (unpaired) electrons. The number of carbonyl (C=O) groups is 2. The Morgan fingerprint density at radius 1 is 1.47 bits per heavy atom. The topological polar surface area (TPSA) is 66.4 Å². The minimum atomic E-state index is -0.996. The van der Waals surface area contributed by atoms with E-state index in [1.165, 1.54) is 0 Å².